The van der Waals surface area contributed by atoms with Gasteiger partial charge in [-0.1, -0.05) is 18.2 Å². The van der Waals surface area contributed by atoms with E-state index in [9.17, 15) is 8.42 Å². The van der Waals surface area contributed by atoms with Gasteiger partial charge in [0.2, 0.25) is 0 Å². The molecule has 0 bridgehead atoms. The van der Waals surface area contributed by atoms with E-state index in [1.54, 1.807) is 42.7 Å². The molecule has 0 spiro atoms. The van der Waals surface area contributed by atoms with Crippen LogP contribution in [0.25, 0.3) is 10.2 Å². The third-order valence-corrected chi connectivity index (χ3v) is 8.21. The predicted molar refractivity (Wildman–Crippen MR) is 113 cm³/mol. The molecule has 0 amide bonds. The third kappa shape index (κ3) is 4.21. The highest BCUT2D eigenvalue weighted by Gasteiger charge is 2.25. The Morgan fingerprint density at radius 2 is 1.93 bits per heavy atom. The molecular formula is C21H24N2O3S2. The molecule has 1 aliphatic heterocycles. The number of ether oxygens (including phenoxy) is 1. The zero-order valence-corrected chi connectivity index (χ0v) is 17.5. The lowest BCUT2D eigenvalue weighted by atomic mass is 9.98. The van der Waals surface area contributed by atoms with Gasteiger partial charge in [-0.05, 0) is 56.3 Å². The van der Waals surface area contributed by atoms with Gasteiger partial charge in [-0.3, -0.25) is 0 Å². The number of hydrogen-bond donors (Lipinski definition) is 0. The number of hydrogen-bond acceptors (Lipinski definition) is 6. The molecule has 4 rings (SSSR count). The SMILES string of the molecule is COc1cccc(S(=O)(=O)CCN2CCC(c3nc4ccccc4s3)CC2)c1. The highest BCUT2D eigenvalue weighted by Crippen LogP contribution is 2.33. The number of rotatable bonds is 6. The van der Waals surface area contributed by atoms with Gasteiger partial charge in [0.15, 0.2) is 9.84 Å². The number of aromatic nitrogens is 1. The summed E-state index contributed by atoms with van der Waals surface area (Å²) >= 11 is 1.79. The maximum atomic E-state index is 12.6. The highest BCUT2D eigenvalue weighted by atomic mass is 32.2. The van der Waals surface area contributed by atoms with Crippen molar-refractivity contribution in [1.29, 1.82) is 0 Å². The number of benzene rings is 2. The Kier molecular flexibility index (Phi) is 5.66. The van der Waals surface area contributed by atoms with E-state index < -0.39 is 9.84 Å². The van der Waals surface area contributed by atoms with E-state index in [1.807, 2.05) is 6.07 Å². The van der Waals surface area contributed by atoms with Crippen LogP contribution in [0.5, 0.6) is 5.75 Å². The van der Waals surface area contributed by atoms with Gasteiger partial charge in [0.1, 0.15) is 5.75 Å². The van der Waals surface area contributed by atoms with Crippen LogP contribution in [0.4, 0.5) is 0 Å². The summed E-state index contributed by atoms with van der Waals surface area (Å²) < 4.78 is 31.7. The standard InChI is InChI=1S/C21H24N2O3S2/c1-26-17-5-4-6-18(15-17)28(24,25)14-13-23-11-9-16(10-12-23)21-22-19-7-2-3-8-20(19)27-21/h2-8,15-16H,9-14H2,1H3. The number of sulfone groups is 1. The lowest BCUT2D eigenvalue weighted by molar-refractivity contribution is 0.223. The Hall–Kier alpha value is -1.96. The molecule has 28 heavy (non-hydrogen) atoms. The minimum atomic E-state index is -3.31. The van der Waals surface area contributed by atoms with Crippen molar-refractivity contribution >= 4 is 31.4 Å². The molecule has 1 aliphatic rings. The first-order chi connectivity index (χ1) is 13.5. The molecule has 0 atom stereocenters. The van der Waals surface area contributed by atoms with Crippen molar-refractivity contribution in [2.45, 2.75) is 23.7 Å². The van der Waals surface area contributed by atoms with Gasteiger partial charge in [0.05, 0.1) is 33.0 Å². The number of para-hydroxylation sites is 1. The second kappa shape index (κ2) is 8.19. The Labute approximate surface area is 169 Å². The van der Waals surface area contributed by atoms with E-state index in [0.29, 0.717) is 23.1 Å². The minimum Gasteiger partial charge on any atom is -0.497 e. The van der Waals surface area contributed by atoms with Crippen molar-refractivity contribution in [3.8, 4) is 5.75 Å². The van der Waals surface area contributed by atoms with E-state index >= 15 is 0 Å². The summed E-state index contributed by atoms with van der Waals surface area (Å²) in [6, 6.07) is 15.0. The molecule has 7 heteroatoms. The normalized spacial score (nSPS) is 16.5. The molecule has 1 saturated heterocycles. The molecule has 0 saturated carbocycles. The fourth-order valence-electron chi connectivity index (χ4n) is 3.63. The summed E-state index contributed by atoms with van der Waals surface area (Å²) in [5.74, 6) is 1.17. The van der Waals surface area contributed by atoms with Crippen molar-refractivity contribution in [3.05, 3.63) is 53.5 Å². The quantitative estimate of drug-likeness (QED) is 0.609. The van der Waals surface area contributed by atoms with Crippen LogP contribution in [-0.4, -0.2) is 50.8 Å². The van der Waals surface area contributed by atoms with Gasteiger partial charge in [0, 0.05) is 12.5 Å². The van der Waals surface area contributed by atoms with Gasteiger partial charge >= 0.3 is 0 Å². The van der Waals surface area contributed by atoms with Gasteiger partial charge < -0.3 is 9.64 Å². The van der Waals surface area contributed by atoms with Crippen molar-refractivity contribution in [2.75, 3.05) is 32.5 Å². The van der Waals surface area contributed by atoms with Crippen LogP contribution in [0.3, 0.4) is 0 Å². The van der Waals surface area contributed by atoms with E-state index in [1.165, 1.54) is 9.71 Å². The van der Waals surface area contributed by atoms with Crippen LogP contribution < -0.4 is 4.74 Å². The zero-order valence-electron chi connectivity index (χ0n) is 15.9. The second-order valence-corrected chi connectivity index (χ2v) is 10.3. The van der Waals surface area contributed by atoms with E-state index in [0.717, 1.165) is 31.4 Å². The van der Waals surface area contributed by atoms with Gasteiger partial charge in [0.25, 0.3) is 0 Å². The largest absolute Gasteiger partial charge is 0.497 e. The molecule has 1 aromatic heterocycles. The lowest BCUT2D eigenvalue weighted by Gasteiger charge is -2.30. The average Bonchev–Trinajstić information content (AvgIpc) is 3.17. The van der Waals surface area contributed by atoms with Crippen LogP contribution in [0, 0.1) is 0 Å². The first-order valence-electron chi connectivity index (χ1n) is 9.50. The van der Waals surface area contributed by atoms with Crippen molar-refractivity contribution in [1.82, 2.24) is 9.88 Å². The molecule has 2 aromatic carbocycles. The zero-order chi connectivity index (χ0) is 19.6. The number of fused-ring (bicyclic) bond motifs is 1. The van der Waals surface area contributed by atoms with Crippen LogP contribution >= 0.6 is 11.3 Å². The summed E-state index contributed by atoms with van der Waals surface area (Å²) in [5.41, 5.74) is 1.08. The van der Waals surface area contributed by atoms with E-state index in [-0.39, 0.29) is 5.75 Å². The highest BCUT2D eigenvalue weighted by molar-refractivity contribution is 7.91. The predicted octanol–water partition coefficient (Wildman–Crippen LogP) is 3.96. The molecule has 0 unspecified atom stereocenters. The Morgan fingerprint density at radius 3 is 2.68 bits per heavy atom. The number of thiazole rings is 1. The number of nitrogens with zero attached hydrogens (tertiary/aromatic N) is 2. The summed E-state index contributed by atoms with van der Waals surface area (Å²) in [6.45, 7) is 2.38. The molecule has 1 fully saturated rings. The maximum absolute atomic E-state index is 12.6. The maximum Gasteiger partial charge on any atom is 0.179 e. The van der Waals surface area contributed by atoms with E-state index in [2.05, 4.69) is 23.1 Å². The smallest absolute Gasteiger partial charge is 0.179 e. The molecule has 2 heterocycles. The summed E-state index contributed by atoms with van der Waals surface area (Å²) in [6.07, 6.45) is 2.05. The Balaban J connectivity index is 1.34. The van der Waals surface area contributed by atoms with Crippen LogP contribution in [0.15, 0.2) is 53.4 Å². The van der Waals surface area contributed by atoms with Crippen molar-refractivity contribution in [2.24, 2.45) is 0 Å². The first kappa shape index (κ1) is 19.4. The fraction of sp³-hybridized carbons (Fsp3) is 0.381. The topological polar surface area (TPSA) is 59.5 Å². The molecule has 148 valence electrons. The summed E-state index contributed by atoms with van der Waals surface area (Å²) in [7, 11) is -1.76. The molecule has 0 N–H and O–H groups in total. The van der Waals surface area contributed by atoms with Crippen molar-refractivity contribution < 1.29 is 13.2 Å². The van der Waals surface area contributed by atoms with Gasteiger partial charge in [-0.15, -0.1) is 11.3 Å². The Bertz CT molecular complexity index is 1020. The molecular weight excluding hydrogens is 392 g/mol. The van der Waals surface area contributed by atoms with Gasteiger partial charge in [-0.2, -0.15) is 0 Å². The number of methoxy groups -OCH3 is 1. The minimum absolute atomic E-state index is 0.131. The molecule has 5 nitrogen and oxygen atoms in total. The number of piperidine rings is 1. The molecule has 0 radical (unpaired) electrons. The third-order valence-electron chi connectivity index (χ3n) is 5.32. The number of likely N-dealkylation sites (tertiary alicyclic amines) is 1. The van der Waals surface area contributed by atoms with Gasteiger partial charge in [-0.25, -0.2) is 13.4 Å². The van der Waals surface area contributed by atoms with Crippen LogP contribution in [-0.2, 0) is 9.84 Å². The van der Waals surface area contributed by atoms with Crippen LogP contribution in [0.2, 0.25) is 0 Å². The lowest BCUT2D eigenvalue weighted by Crippen LogP contribution is -2.36. The summed E-state index contributed by atoms with van der Waals surface area (Å²) in [4.78, 5) is 7.38. The monoisotopic (exact) mass is 416 g/mol. The summed E-state index contributed by atoms with van der Waals surface area (Å²) in [5, 5.41) is 1.21. The van der Waals surface area contributed by atoms with Crippen molar-refractivity contribution in [3.63, 3.8) is 0 Å². The first-order valence-corrected chi connectivity index (χ1v) is 12.0. The second-order valence-electron chi connectivity index (χ2n) is 7.13. The van der Waals surface area contributed by atoms with Crippen LogP contribution in [0.1, 0.15) is 23.8 Å². The van der Waals surface area contributed by atoms with E-state index in [4.69, 9.17) is 9.72 Å². The molecule has 3 aromatic rings. The Morgan fingerprint density at radius 1 is 1.14 bits per heavy atom. The fourth-order valence-corrected chi connectivity index (χ4v) is 6.08. The average molecular weight is 417 g/mol. The molecule has 0 aliphatic carbocycles.